The highest BCUT2D eigenvalue weighted by Gasteiger charge is 2.35. The predicted molar refractivity (Wildman–Crippen MR) is 180 cm³/mol. The van der Waals surface area contributed by atoms with Crippen LogP contribution < -0.4 is 24.8 Å². The summed E-state index contributed by atoms with van der Waals surface area (Å²) in [7, 11) is 1.62. The summed E-state index contributed by atoms with van der Waals surface area (Å²) in [4.78, 5) is 18.8. The van der Waals surface area contributed by atoms with Gasteiger partial charge in [-0.15, -0.1) is 5.10 Å². The van der Waals surface area contributed by atoms with E-state index in [1.807, 2.05) is 56.3 Å². The number of nitrogens with one attached hydrogen (secondary N) is 2. The predicted octanol–water partition coefficient (Wildman–Crippen LogP) is 7.62. The number of fused-ring (bicyclic) bond motifs is 1. The molecule has 2 N–H and O–H groups in total. The fourth-order valence-corrected chi connectivity index (χ4v) is 6.02. The number of hydrogen-bond donors (Lipinski definition) is 2. The summed E-state index contributed by atoms with van der Waals surface area (Å²) < 4.78 is 19.7. The third-order valence-electron chi connectivity index (χ3n) is 7.79. The molecule has 1 atom stereocenters. The zero-order valence-electron chi connectivity index (χ0n) is 27.0. The van der Waals surface area contributed by atoms with Crippen LogP contribution in [-0.4, -0.2) is 40.1 Å². The van der Waals surface area contributed by atoms with Crippen LogP contribution in [0.4, 0.5) is 11.6 Å². The topological polar surface area (TPSA) is 99.5 Å². The molecule has 1 aliphatic rings. The number of thioether (sulfide) groups is 1. The van der Waals surface area contributed by atoms with E-state index in [0.717, 1.165) is 23.3 Å². The lowest BCUT2D eigenvalue weighted by molar-refractivity contribution is -0.113. The minimum Gasteiger partial charge on any atom is -0.493 e. The minimum atomic E-state index is -0.575. The highest BCUT2D eigenvalue weighted by Crippen LogP contribution is 2.40. The molecule has 0 bridgehead atoms. The van der Waals surface area contributed by atoms with Crippen molar-refractivity contribution < 1.29 is 19.0 Å². The number of allylic oxidation sites excluding steroid dienone is 1. The molecule has 5 rings (SSSR count). The van der Waals surface area contributed by atoms with Gasteiger partial charge in [0.05, 0.1) is 25.0 Å². The van der Waals surface area contributed by atoms with Crippen molar-refractivity contribution in [2.45, 2.75) is 65.8 Å². The maximum absolute atomic E-state index is 14.1. The maximum Gasteiger partial charge on any atom is 0.255 e. The average Bonchev–Trinajstić information content (AvgIpc) is 3.43. The second-order valence-corrected chi connectivity index (χ2v) is 12.1. The molecule has 45 heavy (non-hydrogen) atoms. The summed E-state index contributed by atoms with van der Waals surface area (Å²) in [5.41, 5.74) is 7.38. The zero-order chi connectivity index (χ0) is 32.1. The first-order valence-corrected chi connectivity index (χ1v) is 16.2. The number of benzene rings is 3. The summed E-state index contributed by atoms with van der Waals surface area (Å²) in [6, 6.07) is 17.0. The van der Waals surface area contributed by atoms with E-state index in [1.54, 1.807) is 23.6 Å². The lowest BCUT2D eigenvalue weighted by Crippen LogP contribution is -2.31. The molecule has 1 unspecified atom stereocenters. The average molecular weight is 628 g/mol. The molecule has 0 radical (unpaired) electrons. The second kappa shape index (κ2) is 14.1. The lowest BCUT2D eigenvalue weighted by atomic mass is 9.94. The number of para-hydroxylation sites is 2. The molecule has 0 aliphatic carbocycles. The number of aromatic nitrogens is 3. The van der Waals surface area contributed by atoms with E-state index in [9.17, 15) is 4.79 Å². The molecule has 1 aromatic heterocycles. The van der Waals surface area contributed by atoms with E-state index in [0.29, 0.717) is 58.5 Å². The van der Waals surface area contributed by atoms with Crippen LogP contribution in [0.2, 0.25) is 0 Å². The van der Waals surface area contributed by atoms with Crippen LogP contribution in [0.3, 0.4) is 0 Å². The Morgan fingerprint density at radius 3 is 2.49 bits per heavy atom. The monoisotopic (exact) mass is 627 g/mol. The van der Waals surface area contributed by atoms with Gasteiger partial charge in [-0.3, -0.25) is 4.79 Å². The summed E-state index contributed by atoms with van der Waals surface area (Å²) in [5, 5.41) is 11.9. The number of rotatable bonds is 12. The van der Waals surface area contributed by atoms with Crippen LogP contribution in [0.25, 0.3) is 0 Å². The van der Waals surface area contributed by atoms with E-state index in [-0.39, 0.29) is 5.91 Å². The number of anilines is 2. The van der Waals surface area contributed by atoms with Gasteiger partial charge >= 0.3 is 0 Å². The quantitative estimate of drug-likeness (QED) is 0.155. The van der Waals surface area contributed by atoms with Crippen molar-refractivity contribution in [3.8, 4) is 17.2 Å². The van der Waals surface area contributed by atoms with E-state index in [4.69, 9.17) is 24.3 Å². The third-order valence-corrected chi connectivity index (χ3v) is 8.83. The molecule has 1 aliphatic heterocycles. The van der Waals surface area contributed by atoms with Gasteiger partial charge in [-0.1, -0.05) is 49.0 Å². The Bertz CT molecular complexity index is 1730. The number of methoxy groups -OCH3 is 1. The van der Waals surface area contributed by atoms with Crippen LogP contribution in [-0.2, 0) is 11.4 Å². The van der Waals surface area contributed by atoms with Crippen molar-refractivity contribution in [3.05, 3.63) is 93.7 Å². The Labute approximate surface area is 269 Å². The van der Waals surface area contributed by atoms with Gasteiger partial charge in [-0.25, -0.2) is 4.68 Å². The fraction of sp³-hybridized carbons (Fsp3) is 0.343. The highest BCUT2D eigenvalue weighted by atomic mass is 32.2. The summed E-state index contributed by atoms with van der Waals surface area (Å²) in [6.45, 7) is 13.1. The molecule has 0 spiro atoms. The number of nitrogens with zero attached hydrogens (tertiary/aromatic N) is 3. The Morgan fingerprint density at radius 1 is 0.956 bits per heavy atom. The van der Waals surface area contributed by atoms with Gasteiger partial charge < -0.3 is 24.8 Å². The van der Waals surface area contributed by atoms with Gasteiger partial charge in [0, 0.05) is 11.4 Å². The Kier molecular flexibility index (Phi) is 10.0. The molecule has 3 aromatic carbocycles. The van der Waals surface area contributed by atoms with Gasteiger partial charge in [-0.2, -0.15) is 4.98 Å². The first-order valence-electron chi connectivity index (χ1n) is 15.2. The number of carbonyl (C=O) groups excluding carboxylic acids is 1. The molecule has 9 nitrogen and oxygen atoms in total. The van der Waals surface area contributed by atoms with Crippen molar-refractivity contribution in [2.24, 2.45) is 0 Å². The summed E-state index contributed by atoms with van der Waals surface area (Å²) in [5.74, 6) is 2.98. The fourth-order valence-electron chi connectivity index (χ4n) is 5.33. The number of carbonyl (C=O) groups is 1. The van der Waals surface area contributed by atoms with Crippen LogP contribution in [0.1, 0.15) is 61.1 Å². The van der Waals surface area contributed by atoms with E-state index in [1.165, 1.54) is 16.7 Å². The Morgan fingerprint density at radius 2 is 1.73 bits per heavy atom. The van der Waals surface area contributed by atoms with Crippen molar-refractivity contribution >= 4 is 29.3 Å². The largest absolute Gasteiger partial charge is 0.493 e. The van der Waals surface area contributed by atoms with Gasteiger partial charge in [0.1, 0.15) is 18.4 Å². The third kappa shape index (κ3) is 6.96. The number of hydrogen-bond acceptors (Lipinski definition) is 8. The molecule has 236 valence electrons. The smallest absolute Gasteiger partial charge is 0.255 e. The van der Waals surface area contributed by atoms with Gasteiger partial charge in [-0.05, 0) is 93.1 Å². The van der Waals surface area contributed by atoms with Gasteiger partial charge in [0.15, 0.2) is 11.5 Å². The van der Waals surface area contributed by atoms with Crippen molar-refractivity contribution in [1.82, 2.24) is 14.8 Å². The molecule has 0 fully saturated rings. The second-order valence-electron chi connectivity index (χ2n) is 11.0. The SMILES string of the molecule is CCCSc1nc2n(n1)C(c1ccc(OCc3cc(C)c(C)cc3C)c(OC)c1)C(C(=O)Nc1ccccc1OCC)=C(C)N2. The molecule has 10 heteroatoms. The van der Waals surface area contributed by atoms with Gasteiger partial charge in [0.2, 0.25) is 11.1 Å². The van der Waals surface area contributed by atoms with E-state index in [2.05, 4.69) is 50.5 Å². The molecule has 2 heterocycles. The standard InChI is InChI=1S/C35H41N5O4S/c1-8-16-45-35-38-34-36-24(6)31(33(41)37-27-12-10-11-13-28(27)43-9-2)32(40(34)39-35)25-14-15-29(30(19-25)42-7)44-20-26-18-22(4)21(3)17-23(26)5/h10-15,17-19,32H,8-9,16,20H2,1-7H3,(H,37,41)(H,36,38,39). The first kappa shape index (κ1) is 32.0. The molecular formula is C35H41N5O4S. The van der Waals surface area contributed by atoms with Crippen molar-refractivity contribution in [1.29, 1.82) is 0 Å². The number of amides is 1. The lowest BCUT2D eigenvalue weighted by Gasteiger charge is -2.29. The zero-order valence-corrected chi connectivity index (χ0v) is 27.8. The molecular weight excluding hydrogens is 586 g/mol. The first-order chi connectivity index (χ1) is 21.7. The maximum atomic E-state index is 14.1. The summed E-state index contributed by atoms with van der Waals surface area (Å²) in [6.07, 6.45) is 0.996. The van der Waals surface area contributed by atoms with Crippen LogP contribution in [0.5, 0.6) is 17.2 Å². The number of ether oxygens (including phenoxy) is 3. The Balaban J connectivity index is 1.51. The van der Waals surface area contributed by atoms with E-state index >= 15 is 0 Å². The number of aryl methyl sites for hydroxylation is 3. The highest BCUT2D eigenvalue weighted by molar-refractivity contribution is 7.99. The van der Waals surface area contributed by atoms with Crippen LogP contribution in [0, 0.1) is 20.8 Å². The van der Waals surface area contributed by atoms with Crippen molar-refractivity contribution in [3.63, 3.8) is 0 Å². The summed E-state index contributed by atoms with van der Waals surface area (Å²) >= 11 is 1.59. The van der Waals surface area contributed by atoms with Crippen molar-refractivity contribution in [2.75, 3.05) is 30.1 Å². The molecule has 0 saturated carbocycles. The van der Waals surface area contributed by atoms with Crippen LogP contribution >= 0.6 is 11.8 Å². The van der Waals surface area contributed by atoms with E-state index < -0.39 is 6.04 Å². The Hall–Kier alpha value is -4.44. The molecule has 1 amide bonds. The van der Waals surface area contributed by atoms with Crippen LogP contribution in [0.15, 0.2) is 71.0 Å². The minimum absolute atomic E-state index is 0.273. The normalized spacial score (nSPS) is 14.1. The van der Waals surface area contributed by atoms with Gasteiger partial charge in [0.25, 0.3) is 5.91 Å². The molecule has 4 aromatic rings. The molecule has 0 saturated heterocycles.